The van der Waals surface area contributed by atoms with E-state index in [-0.39, 0.29) is 12.2 Å². The summed E-state index contributed by atoms with van der Waals surface area (Å²) < 4.78 is 5.06. The fraction of sp³-hybridized carbons (Fsp3) is 0.538. The topological polar surface area (TPSA) is 104 Å². The second kappa shape index (κ2) is 6.38. The molecule has 114 valence electrons. The smallest absolute Gasteiger partial charge is 0.359 e. The molecule has 1 aliphatic rings. The maximum atomic E-state index is 12.0. The monoisotopic (exact) mass is 294 g/mol. The normalized spacial score (nSPS) is 15.7. The lowest BCUT2D eigenvalue weighted by Crippen LogP contribution is -2.41. The molecule has 2 rings (SSSR count). The van der Waals surface area contributed by atoms with Gasteiger partial charge in [0.15, 0.2) is 11.8 Å². The first-order chi connectivity index (χ1) is 10.0. The third kappa shape index (κ3) is 3.39. The summed E-state index contributed by atoms with van der Waals surface area (Å²) in [6.07, 6.45) is 0.672. The molecule has 2 N–H and O–H groups in total. The number of esters is 1. The van der Waals surface area contributed by atoms with Crippen molar-refractivity contribution in [1.82, 2.24) is 20.4 Å². The Balaban J connectivity index is 1.94. The predicted octanol–water partition coefficient (Wildman–Crippen LogP) is 0.459. The molecule has 1 aromatic rings. The van der Waals surface area contributed by atoms with E-state index in [1.165, 1.54) is 6.92 Å². The second-order valence-electron chi connectivity index (χ2n) is 4.80. The number of hydrogen-bond donors (Lipinski definition) is 2. The summed E-state index contributed by atoms with van der Waals surface area (Å²) in [7, 11) is 0. The summed E-state index contributed by atoms with van der Waals surface area (Å²) >= 11 is 0. The van der Waals surface area contributed by atoms with Crippen molar-refractivity contribution in [3.8, 4) is 0 Å². The number of aromatic nitrogens is 2. The SMILES string of the molecule is CCCc1cc(C(=O)OC(C)C(=O)N2CCNC2=O)n[nH]1. The van der Waals surface area contributed by atoms with Crippen molar-refractivity contribution < 1.29 is 19.1 Å². The minimum Gasteiger partial charge on any atom is -0.448 e. The van der Waals surface area contributed by atoms with Gasteiger partial charge in [0.1, 0.15) is 0 Å². The highest BCUT2D eigenvalue weighted by Crippen LogP contribution is 2.08. The molecule has 1 fully saturated rings. The van der Waals surface area contributed by atoms with E-state index in [1.54, 1.807) is 6.07 Å². The van der Waals surface area contributed by atoms with Crippen molar-refractivity contribution >= 4 is 17.9 Å². The van der Waals surface area contributed by atoms with Crippen molar-refractivity contribution in [3.05, 3.63) is 17.5 Å². The lowest BCUT2D eigenvalue weighted by atomic mass is 10.2. The molecule has 8 nitrogen and oxygen atoms in total. The molecule has 0 spiro atoms. The summed E-state index contributed by atoms with van der Waals surface area (Å²) in [6.45, 7) is 4.14. The predicted molar refractivity (Wildman–Crippen MR) is 72.6 cm³/mol. The first kappa shape index (κ1) is 15.0. The van der Waals surface area contributed by atoms with Crippen LogP contribution in [0.3, 0.4) is 0 Å². The van der Waals surface area contributed by atoms with Crippen molar-refractivity contribution in [2.45, 2.75) is 32.8 Å². The average Bonchev–Trinajstić information content (AvgIpc) is 3.07. The van der Waals surface area contributed by atoms with Crippen molar-refractivity contribution in [1.29, 1.82) is 0 Å². The zero-order valence-electron chi connectivity index (χ0n) is 12.0. The van der Waals surface area contributed by atoms with Crippen molar-refractivity contribution in [3.63, 3.8) is 0 Å². The Kier molecular flexibility index (Phi) is 4.56. The maximum Gasteiger partial charge on any atom is 0.359 e. The summed E-state index contributed by atoms with van der Waals surface area (Å²) in [6, 6.07) is 1.14. The van der Waals surface area contributed by atoms with Crippen LogP contribution in [0.15, 0.2) is 6.07 Å². The van der Waals surface area contributed by atoms with Crippen LogP contribution in [0.2, 0.25) is 0 Å². The highest BCUT2D eigenvalue weighted by atomic mass is 16.5. The number of ether oxygens (including phenoxy) is 1. The number of rotatable bonds is 5. The largest absolute Gasteiger partial charge is 0.448 e. The third-order valence-electron chi connectivity index (χ3n) is 3.11. The summed E-state index contributed by atoms with van der Waals surface area (Å²) in [5.41, 5.74) is 0.964. The molecule has 21 heavy (non-hydrogen) atoms. The molecular weight excluding hydrogens is 276 g/mol. The van der Waals surface area contributed by atoms with Crippen molar-refractivity contribution in [2.75, 3.05) is 13.1 Å². The number of H-pyrrole nitrogens is 1. The summed E-state index contributed by atoms with van der Waals surface area (Å²) in [5.74, 6) is -1.23. The van der Waals surface area contributed by atoms with Crippen LogP contribution >= 0.6 is 0 Å². The molecular formula is C13H18N4O4. The van der Waals surface area contributed by atoms with Gasteiger partial charge in [-0.25, -0.2) is 9.59 Å². The van der Waals surface area contributed by atoms with E-state index in [1.807, 2.05) is 6.92 Å². The van der Waals surface area contributed by atoms with Crippen LogP contribution in [0.1, 0.15) is 36.5 Å². The Bertz CT molecular complexity index is 554. The van der Waals surface area contributed by atoms with Gasteiger partial charge in [-0.15, -0.1) is 0 Å². The Morgan fingerprint density at radius 1 is 1.52 bits per heavy atom. The first-order valence-electron chi connectivity index (χ1n) is 6.87. The van der Waals surface area contributed by atoms with Gasteiger partial charge in [-0.2, -0.15) is 5.10 Å². The van der Waals surface area contributed by atoms with Gasteiger partial charge in [-0.05, 0) is 19.4 Å². The number of urea groups is 1. The fourth-order valence-corrected chi connectivity index (χ4v) is 2.04. The molecule has 1 aromatic heterocycles. The molecule has 0 bridgehead atoms. The molecule has 1 unspecified atom stereocenters. The quantitative estimate of drug-likeness (QED) is 0.768. The van der Waals surface area contributed by atoms with Gasteiger partial charge in [-0.1, -0.05) is 13.3 Å². The number of nitrogens with one attached hydrogen (secondary N) is 2. The van der Waals surface area contributed by atoms with Gasteiger partial charge in [-0.3, -0.25) is 14.8 Å². The molecule has 0 radical (unpaired) electrons. The molecule has 2 heterocycles. The van der Waals surface area contributed by atoms with E-state index in [0.717, 1.165) is 23.4 Å². The number of nitrogens with zero attached hydrogens (tertiary/aromatic N) is 2. The minimum atomic E-state index is -1.03. The average molecular weight is 294 g/mol. The Morgan fingerprint density at radius 3 is 2.90 bits per heavy atom. The molecule has 0 aromatic carbocycles. The lowest BCUT2D eigenvalue weighted by Gasteiger charge is -2.17. The highest BCUT2D eigenvalue weighted by molar-refractivity contribution is 5.99. The van der Waals surface area contributed by atoms with Crippen LogP contribution < -0.4 is 5.32 Å². The number of imide groups is 1. The van der Waals surface area contributed by atoms with Gasteiger partial charge in [0.05, 0.1) is 0 Å². The van der Waals surface area contributed by atoms with Crippen LogP contribution in [0.5, 0.6) is 0 Å². The molecule has 0 aliphatic carbocycles. The first-order valence-corrected chi connectivity index (χ1v) is 6.87. The number of aromatic amines is 1. The van der Waals surface area contributed by atoms with Gasteiger partial charge in [0.25, 0.3) is 5.91 Å². The van der Waals surface area contributed by atoms with Gasteiger partial charge >= 0.3 is 12.0 Å². The molecule has 8 heteroatoms. The lowest BCUT2D eigenvalue weighted by molar-refractivity contribution is -0.136. The standard InChI is InChI=1S/C13H18N4O4/c1-3-4-9-7-10(16-15-9)12(19)21-8(2)11(18)17-6-5-14-13(17)20/h7-8H,3-6H2,1-2H3,(H,14,20)(H,15,16). The van der Waals surface area contributed by atoms with Crippen LogP contribution in [0.25, 0.3) is 0 Å². The second-order valence-corrected chi connectivity index (χ2v) is 4.80. The maximum absolute atomic E-state index is 12.0. The van der Waals surface area contributed by atoms with E-state index < -0.39 is 24.0 Å². The van der Waals surface area contributed by atoms with Crippen LogP contribution in [0, 0.1) is 0 Å². The summed E-state index contributed by atoms with van der Waals surface area (Å²) in [4.78, 5) is 36.3. The Hall–Kier alpha value is -2.38. The van der Waals surface area contributed by atoms with Gasteiger partial charge in [0, 0.05) is 18.8 Å². The number of aryl methyl sites for hydroxylation is 1. The van der Waals surface area contributed by atoms with Crippen LogP contribution in [-0.2, 0) is 16.0 Å². The van der Waals surface area contributed by atoms with E-state index in [0.29, 0.717) is 6.54 Å². The molecule has 1 aliphatic heterocycles. The van der Waals surface area contributed by atoms with E-state index in [4.69, 9.17) is 4.74 Å². The Morgan fingerprint density at radius 2 is 2.29 bits per heavy atom. The number of amides is 3. The number of hydrogen-bond acceptors (Lipinski definition) is 5. The Labute approximate surface area is 121 Å². The molecule has 1 atom stereocenters. The van der Waals surface area contributed by atoms with E-state index in [2.05, 4.69) is 15.5 Å². The summed E-state index contributed by atoms with van der Waals surface area (Å²) in [5, 5.41) is 9.11. The zero-order chi connectivity index (χ0) is 15.4. The molecule has 0 saturated carbocycles. The van der Waals surface area contributed by atoms with Crippen LogP contribution in [-0.4, -0.2) is 52.2 Å². The van der Waals surface area contributed by atoms with Crippen LogP contribution in [0.4, 0.5) is 4.79 Å². The van der Waals surface area contributed by atoms with Crippen molar-refractivity contribution in [2.24, 2.45) is 0 Å². The zero-order valence-corrected chi connectivity index (χ0v) is 12.0. The minimum absolute atomic E-state index is 0.129. The fourth-order valence-electron chi connectivity index (χ4n) is 2.04. The van der Waals surface area contributed by atoms with Gasteiger partial charge in [0.2, 0.25) is 0 Å². The van der Waals surface area contributed by atoms with E-state index >= 15 is 0 Å². The number of carbonyl (C=O) groups excluding carboxylic acids is 3. The number of carbonyl (C=O) groups is 3. The van der Waals surface area contributed by atoms with E-state index in [9.17, 15) is 14.4 Å². The molecule has 1 saturated heterocycles. The highest BCUT2D eigenvalue weighted by Gasteiger charge is 2.32. The third-order valence-corrected chi connectivity index (χ3v) is 3.11. The van der Waals surface area contributed by atoms with Gasteiger partial charge < -0.3 is 10.1 Å². The molecule has 3 amide bonds.